The van der Waals surface area contributed by atoms with E-state index in [1.54, 1.807) is 0 Å². The first-order valence-corrected chi connectivity index (χ1v) is 11.4. The van der Waals surface area contributed by atoms with E-state index in [9.17, 15) is 0 Å². The van der Waals surface area contributed by atoms with Crippen LogP contribution in [0.4, 0.5) is 5.82 Å². The molecule has 34 heavy (non-hydrogen) atoms. The maximum atomic E-state index is 6.28. The van der Waals surface area contributed by atoms with E-state index in [2.05, 4.69) is 54.8 Å². The average Bonchev–Trinajstić information content (AvgIpc) is 3.34. The van der Waals surface area contributed by atoms with Gasteiger partial charge in [-0.1, -0.05) is 36.4 Å². The molecule has 2 aromatic carbocycles. The lowest BCUT2D eigenvalue weighted by atomic mass is 10.0. The fourth-order valence-electron chi connectivity index (χ4n) is 4.35. The van der Waals surface area contributed by atoms with E-state index in [0.29, 0.717) is 12.4 Å². The van der Waals surface area contributed by atoms with Crippen molar-refractivity contribution < 1.29 is 4.74 Å². The van der Waals surface area contributed by atoms with E-state index >= 15 is 0 Å². The van der Waals surface area contributed by atoms with E-state index in [1.807, 2.05) is 48.8 Å². The van der Waals surface area contributed by atoms with E-state index < -0.39 is 0 Å². The molecule has 0 unspecified atom stereocenters. The lowest BCUT2D eigenvalue weighted by Gasteiger charge is -2.18. The first-order chi connectivity index (χ1) is 16.8. The summed E-state index contributed by atoms with van der Waals surface area (Å²) in [5, 5.41) is 7.67. The summed E-state index contributed by atoms with van der Waals surface area (Å²) in [7, 11) is 0. The molecule has 7 nitrogen and oxygen atoms in total. The molecular weight excluding hydrogens is 424 g/mol. The van der Waals surface area contributed by atoms with Gasteiger partial charge in [-0.3, -0.25) is 0 Å². The third-order valence-electron chi connectivity index (χ3n) is 6.10. The van der Waals surface area contributed by atoms with Gasteiger partial charge in [0, 0.05) is 31.0 Å². The van der Waals surface area contributed by atoms with Gasteiger partial charge in [-0.2, -0.15) is 0 Å². The number of ether oxygens (including phenoxy) is 1. The molecule has 7 heteroatoms. The molecule has 0 aliphatic carbocycles. The molecule has 0 spiro atoms. The summed E-state index contributed by atoms with van der Waals surface area (Å²) < 4.78 is 6.28. The number of hydrogen-bond donors (Lipinski definition) is 3. The molecule has 168 valence electrons. The van der Waals surface area contributed by atoms with Gasteiger partial charge in [0.15, 0.2) is 0 Å². The zero-order valence-electron chi connectivity index (χ0n) is 18.6. The van der Waals surface area contributed by atoms with E-state index in [0.717, 1.165) is 53.2 Å². The lowest BCUT2D eigenvalue weighted by molar-refractivity contribution is 0.466. The third kappa shape index (κ3) is 4.09. The van der Waals surface area contributed by atoms with E-state index in [4.69, 9.17) is 4.74 Å². The van der Waals surface area contributed by atoms with Crippen LogP contribution in [0.25, 0.3) is 22.2 Å². The van der Waals surface area contributed by atoms with Crippen LogP contribution in [0.2, 0.25) is 0 Å². The maximum Gasteiger partial charge on any atom is 0.232 e. The Morgan fingerprint density at radius 1 is 0.941 bits per heavy atom. The Labute approximate surface area is 197 Å². The zero-order valence-corrected chi connectivity index (χ0v) is 18.6. The molecule has 5 aromatic rings. The summed E-state index contributed by atoms with van der Waals surface area (Å²) in [5.41, 5.74) is 6.54. The van der Waals surface area contributed by atoms with Gasteiger partial charge in [0.25, 0.3) is 0 Å². The number of aromatic nitrogens is 4. The minimum atomic E-state index is 0.528. The van der Waals surface area contributed by atoms with Gasteiger partial charge < -0.3 is 20.4 Å². The minimum Gasteiger partial charge on any atom is -0.438 e. The average molecular weight is 449 g/mol. The second-order valence-electron chi connectivity index (χ2n) is 8.33. The molecule has 0 bridgehead atoms. The van der Waals surface area contributed by atoms with Crippen LogP contribution >= 0.6 is 0 Å². The number of rotatable bonds is 6. The highest BCUT2D eigenvalue weighted by atomic mass is 16.5. The summed E-state index contributed by atoms with van der Waals surface area (Å²) in [5.74, 6) is 2.10. The van der Waals surface area contributed by atoms with Gasteiger partial charge in [-0.15, -0.1) is 0 Å². The Bertz CT molecular complexity index is 1450. The van der Waals surface area contributed by atoms with Gasteiger partial charge in [-0.25, -0.2) is 15.0 Å². The Hall–Kier alpha value is -4.23. The summed E-state index contributed by atoms with van der Waals surface area (Å²) in [6, 6.07) is 20.5. The van der Waals surface area contributed by atoms with Crippen molar-refractivity contribution in [3.05, 3.63) is 96.1 Å². The minimum absolute atomic E-state index is 0.528. The maximum absolute atomic E-state index is 6.28. The fraction of sp³-hybridized carbons (Fsp3) is 0.148. The molecule has 3 N–H and O–H groups in total. The van der Waals surface area contributed by atoms with Crippen molar-refractivity contribution in [2.24, 2.45) is 0 Å². The van der Waals surface area contributed by atoms with Crippen molar-refractivity contribution in [1.29, 1.82) is 0 Å². The summed E-state index contributed by atoms with van der Waals surface area (Å²) in [4.78, 5) is 16.6. The SMILES string of the molecule is c1ccc(CNc2cc(-c3c[nH]c4ncnc(Oc5ccc6c(c5)CNCC6)c34)ccn2)cc1. The number of pyridine rings is 1. The molecule has 0 amide bonds. The molecule has 3 aromatic heterocycles. The number of anilines is 1. The van der Waals surface area contributed by atoms with Crippen molar-refractivity contribution >= 4 is 16.9 Å². The van der Waals surface area contributed by atoms with Crippen LogP contribution in [0.15, 0.2) is 79.4 Å². The molecule has 0 atom stereocenters. The van der Waals surface area contributed by atoms with Crippen LogP contribution in [0.5, 0.6) is 11.6 Å². The van der Waals surface area contributed by atoms with Gasteiger partial charge in [0.2, 0.25) is 5.88 Å². The van der Waals surface area contributed by atoms with Crippen molar-refractivity contribution in [3.8, 4) is 22.8 Å². The van der Waals surface area contributed by atoms with Crippen LogP contribution in [0.1, 0.15) is 16.7 Å². The molecule has 0 radical (unpaired) electrons. The quantitative estimate of drug-likeness (QED) is 0.336. The van der Waals surface area contributed by atoms with Crippen LogP contribution < -0.4 is 15.4 Å². The van der Waals surface area contributed by atoms with Crippen LogP contribution in [0, 0.1) is 0 Å². The van der Waals surface area contributed by atoms with Gasteiger partial charge >= 0.3 is 0 Å². The van der Waals surface area contributed by atoms with Crippen molar-refractivity contribution in [3.63, 3.8) is 0 Å². The number of benzene rings is 2. The Morgan fingerprint density at radius 2 is 1.88 bits per heavy atom. The van der Waals surface area contributed by atoms with Crippen LogP contribution in [0.3, 0.4) is 0 Å². The van der Waals surface area contributed by atoms with Crippen molar-refractivity contribution in [1.82, 2.24) is 25.3 Å². The Kier molecular flexibility index (Phi) is 5.37. The second kappa shape index (κ2) is 8.96. The van der Waals surface area contributed by atoms with Gasteiger partial charge in [-0.05, 0) is 59.5 Å². The normalized spacial score (nSPS) is 12.9. The monoisotopic (exact) mass is 448 g/mol. The molecule has 0 saturated carbocycles. The van der Waals surface area contributed by atoms with Gasteiger partial charge in [0.1, 0.15) is 23.5 Å². The molecular formula is C27H24N6O. The largest absolute Gasteiger partial charge is 0.438 e. The summed E-state index contributed by atoms with van der Waals surface area (Å²) in [6.07, 6.45) is 6.32. The Balaban J connectivity index is 1.31. The van der Waals surface area contributed by atoms with E-state index in [1.165, 1.54) is 23.0 Å². The zero-order chi connectivity index (χ0) is 22.7. The number of nitrogens with zero attached hydrogens (tertiary/aromatic N) is 3. The second-order valence-corrected chi connectivity index (χ2v) is 8.33. The molecule has 4 heterocycles. The summed E-state index contributed by atoms with van der Waals surface area (Å²) in [6.45, 7) is 2.58. The predicted molar refractivity (Wildman–Crippen MR) is 133 cm³/mol. The number of fused-ring (bicyclic) bond motifs is 2. The molecule has 1 aliphatic heterocycles. The topological polar surface area (TPSA) is 87.8 Å². The van der Waals surface area contributed by atoms with Crippen LogP contribution in [-0.4, -0.2) is 26.5 Å². The number of nitrogens with one attached hydrogen (secondary N) is 3. The predicted octanol–water partition coefficient (Wildman–Crippen LogP) is 5.07. The fourth-order valence-corrected chi connectivity index (χ4v) is 4.35. The first-order valence-electron chi connectivity index (χ1n) is 11.4. The number of H-pyrrole nitrogens is 1. The van der Waals surface area contributed by atoms with Crippen molar-refractivity contribution in [2.75, 3.05) is 11.9 Å². The third-order valence-corrected chi connectivity index (χ3v) is 6.10. The summed E-state index contributed by atoms with van der Waals surface area (Å²) >= 11 is 0. The van der Waals surface area contributed by atoms with E-state index in [-0.39, 0.29) is 0 Å². The van der Waals surface area contributed by atoms with Gasteiger partial charge in [0.05, 0.1) is 5.39 Å². The van der Waals surface area contributed by atoms with Crippen molar-refractivity contribution in [2.45, 2.75) is 19.5 Å². The van der Waals surface area contributed by atoms with Crippen LogP contribution in [-0.2, 0) is 19.5 Å². The Morgan fingerprint density at radius 3 is 2.82 bits per heavy atom. The highest BCUT2D eigenvalue weighted by Crippen LogP contribution is 2.36. The molecule has 0 fully saturated rings. The highest BCUT2D eigenvalue weighted by Gasteiger charge is 2.16. The molecule has 1 aliphatic rings. The first kappa shape index (κ1) is 20.4. The number of aromatic amines is 1. The lowest BCUT2D eigenvalue weighted by Crippen LogP contribution is -2.23. The molecule has 6 rings (SSSR count). The number of hydrogen-bond acceptors (Lipinski definition) is 6. The highest BCUT2D eigenvalue weighted by molar-refractivity contribution is 5.97. The smallest absolute Gasteiger partial charge is 0.232 e. The standard InChI is InChI=1S/C27H24N6O/c1-2-4-18(5-3-1)14-30-24-13-20(9-11-29-24)23-16-31-26-25(23)27(33-17-32-26)34-22-7-6-19-8-10-28-15-21(19)12-22/h1-7,9,11-13,16-17,28H,8,10,14-15H2,(H,29,30)(H,31,32,33). The molecule has 0 saturated heterocycles.